The minimum absolute atomic E-state index is 0.269. The molecule has 0 spiro atoms. The largest absolute Gasteiger partial charge is 0.465 e. The van der Waals surface area contributed by atoms with Crippen LogP contribution in [0.1, 0.15) is 35.7 Å². The first-order valence-electron chi connectivity index (χ1n) is 4.64. The lowest BCUT2D eigenvalue weighted by Crippen LogP contribution is -2.08. The van der Waals surface area contributed by atoms with Crippen LogP contribution in [0.3, 0.4) is 0 Å². The number of carbonyl (C=O) groups is 1. The van der Waals surface area contributed by atoms with E-state index in [0.717, 1.165) is 10.0 Å². The van der Waals surface area contributed by atoms with Crippen LogP contribution in [-0.2, 0) is 4.74 Å². The second-order valence-electron chi connectivity index (χ2n) is 3.60. The van der Waals surface area contributed by atoms with Gasteiger partial charge in [-0.3, -0.25) is 0 Å². The predicted octanol–water partition coefficient (Wildman–Crippen LogP) is 2.94. The highest BCUT2D eigenvalue weighted by Crippen LogP contribution is 2.29. The maximum atomic E-state index is 11.4. The Balaban J connectivity index is 3.34. The molecule has 0 aliphatic heterocycles. The Bertz CT molecular complexity index is 388. The number of hydrogen-bond acceptors (Lipinski definition) is 3. The number of ether oxygens (including phenoxy) is 1. The maximum Gasteiger partial charge on any atom is 0.340 e. The minimum Gasteiger partial charge on any atom is -0.465 e. The van der Waals surface area contributed by atoms with Crippen molar-refractivity contribution < 1.29 is 9.53 Å². The number of rotatable bonds is 2. The average molecular weight is 272 g/mol. The molecule has 0 amide bonds. The summed E-state index contributed by atoms with van der Waals surface area (Å²) < 4.78 is 5.50. The molecule has 4 heteroatoms. The topological polar surface area (TPSA) is 52.3 Å². The first-order valence-corrected chi connectivity index (χ1v) is 5.44. The van der Waals surface area contributed by atoms with Gasteiger partial charge in [0.2, 0.25) is 0 Å². The highest BCUT2D eigenvalue weighted by atomic mass is 79.9. The van der Waals surface area contributed by atoms with Gasteiger partial charge in [0, 0.05) is 10.2 Å². The zero-order valence-electron chi connectivity index (χ0n) is 9.00. The quantitative estimate of drug-likeness (QED) is 0.665. The molecule has 1 aromatic rings. The summed E-state index contributed by atoms with van der Waals surface area (Å²) in [5.74, 6) is -0.137. The van der Waals surface area contributed by atoms with Gasteiger partial charge < -0.3 is 10.5 Å². The van der Waals surface area contributed by atoms with Gasteiger partial charge in [-0.1, -0.05) is 29.8 Å². The second-order valence-corrected chi connectivity index (χ2v) is 4.52. The first-order chi connectivity index (χ1) is 6.97. The van der Waals surface area contributed by atoms with Crippen LogP contribution < -0.4 is 5.73 Å². The number of nitrogen functional groups attached to an aromatic ring is 1. The van der Waals surface area contributed by atoms with Gasteiger partial charge >= 0.3 is 5.97 Å². The Hall–Kier alpha value is -1.03. The summed E-state index contributed by atoms with van der Waals surface area (Å²) in [7, 11) is 1.34. The van der Waals surface area contributed by atoms with Crippen molar-refractivity contribution in [3.63, 3.8) is 0 Å². The number of halogens is 1. The van der Waals surface area contributed by atoms with Crippen molar-refractivity contribution in [1.29, 1.82) is 0 Å². The summed E-state index contributed by atoms with van der Waals surface area (Å²) in [6.45, 7) is 4.05. The first kappa shape index (κ1) is 12.0. The summed E-state index contributed by atoms with van der Waals surface area (Å²) in [6.07, 6.45) is 0. The lowest BCUT2D eigenvalue weighted by Gasteiger charge is -2.13. The van der Waals surface area contributed by atoms with E-state index in [1.165, 1.54) is 7.11 Å². The van der Waals surface area contributed by atoms with Gasteiger partial charge in [-0.05, 0) is 23.6 Å². The third kappa shape index (κ3) is 2.50. The van der Waals surface area contributed by atoms with Gasteiger partial charge in [-0.25, -0.2) is 4.79 Å². The molecule has 2 N–H and O–H groups in total. The number of carbonyl (C=O) groups excluding carboxylic acids is 1. The molecule has 3 nitrogen and oxygen atoms in total. The fraction of sp³-hybridized carbons (Fsp3) is 0.364. The zero-order valence-corrected chi connectivity index (χ0v) is 10.6. The van der Waals surface area contributed by atoms with Crippen molar-refractivity contribution >= 4 is 27.6 Å². The molecule has 0 fully saturated rings. The van der Waals surface area contributed by atoms with Crippen LogP contribution in [0, 0.1) is 0 Å². The van der Waals surface area contributed by atoms with Crippen molar-refractivity contribution in [2.45, 2.75) is 19.8 Å². The number of methoxy groups -OCH3 is 1. The van der Waals surface area contributed by atoms with Crippen LogP contribution in [0.15, 0.2) is 16.6 Å². The van der Waals surface area contributed by atoms with Crippen LogP contribution in [0.2, 0.25) is 0 Å². The van der Waals surface area contributed by atoms with Gasteiger partial charge in [0.15, 0.2) is 0 Å². The van der Waals surface area contributed by atoms with Crippen molar-refractivity contribution in [2.24, 2.45) is 0 Å². The van der Waals surface area contributed by atoms with E-state index in [1.807, 2.05) is 19.9 Å². The lowest BCUT2D eigenvalue weighted by molar-refractivity contribution is 0.0602. The Kier molecular flexibility index (Phi) is 3.74. The smallest absolute Gasteiger partial charge is 0.340 e. The number of esters is 1. The molecule has 0 bridgehead atoms. The van der Waals surface area contributed by atoms with Crippen LogP contribution in [0.5, 0.6) is 0 Å². The molecular formula is C11H14BrNO2. The van der Waals surface area contributed by atoms with Gasteiger partial charge in [0.1, 0.15) is 0 Å². The molecule has 0 heterocycles. The molecule has 0 radical (unpaired) electrons. The normalized spacial score (nSPS) is 10.5. The Labute approximate surface area is 97.7 Å². The number of hydrogen-bond donors (Lipinski definition) is 1. The van der Waals surface area contributed by atoms with E-state index in [4.69, 9.17) is 5.73 Å². The minimum atomic E-state index is -0.407. The molecule has 1 rings (SSSR count). The fourth-order valence-corrected chi connectivity index (χ4v) is 1.87. The molecule has 0 saturated heterocycles. The van der Waals surface area contributed by atoms with E-state index in [9.17, 15) is 4.79 Å². The highest BCUT2D eigenvalue weighted by molar-refractivity contribution is 9.10. The maximum absolute atomic E-state index is 11.4. The van der Waals surface area contributed by atoms with Crippen molar-refractivity contribution in [2.75, 3.05) is 12.8 Å². The van der Waals surface area contributed by atoms with Gasteiger partial charge in [-0.15, -0.1) is 0 Å². The van der Waals surface area contributed by atoms with E-state index >= 15 is 0 Å². The SMILES string of the molecule is COC(=O)c1cc(Br)cc(C(C)C)c1N. The van der Waals surface area contributed by atoms with Crippen molar-refractivity contribution in [3.8, 4) is 0 Å². The number of benzene rings is 1. The average Bonchev–Trinajstić information content (AvgIpc) is 2.19. The third-order valence-electron chi connectivity index (χ3n) is 2.20. The molecule has 0 aliphatic carbocycles. The fourth-order valence-electron chi connectivity index (χ4n) is 1.40. The van der Waals surface area contributed by atoms with Gasteiger partial charge in [0.25, 0.3) is 0 Å². The van der Waals surface area contributed by atoms with Crippen LogP contribution in [0.25, 0.3) is 0 Å². The van der Waals surface area contributed by atoms with Crippen LogP contribution in [-0.4, -0.2) is 13.1 Å². The highest BCUT2D eigenvalue weighted by Gasteiger charge is 2.16. The van der Waals surface area contributed by atoms with Crippen molar-refractivity contribution in [1.82, 2.24) is 0 Å². The van der Waals surface area contributed by atoms with Crippen LogP contribution >= 0.6 is 15.9 Å². The van der Waals surface area contributed by atoms with E-state index < -0.39 is 5.97 Å². The summed E-state index contributed by atoms with van der Waals surface area (Å²) >= 11 is 3.35. The second kappa shape index (κ2) is 4.66. The monoisotopic (exact) mass is 271 g/mol. The molecule has 0 aliphatic rings. The Morgan fingerprint density at radius 3 is 2.53 bits per heavy atom. The number of nitrogens with two attached hydrogens (primary N) is 1. The molecule has 0 aromatic heterocycles. The summed E-state index contributed by atoms with van der Waals surface area (Å²) in [5.41, 5.74) is 7.77. The van der Waals surface area contributed by atoms with Gasteiger partial charge in [-0.2, -0.15) is 0 Å². The van der Waals surface area contributed by atoms with Crippen molar-refractivity contribution in [3.05, 3.63) is 27.7 Å². The standard InChI is InChI=1S/C11H14BrNO2/c1-6(2)8-4-7(12)5-9(10(8)13)11(14)15-3/h4-6H,13H2,1-3H3. The van der Waals surface area contributed by atoms with E-state index in [-0.39, 0.29) is 5.92 Å². The lowest BCUT2D eigenvalue weighted by atomic mass is 9.98. The summed E-state index contributed by atoms with van der Waals surface area (Å²) in [5, 5.41) is 0. The molecule has 0 saturated carbocycles. The zero-order chi connectivity index (χ0) is 11.6. The van der Waals surface area contributed by atoms with Crippen LogP contribution in [0.4, 0.5) is 5.69 Å². The molecule has 15 heavy (non-hydrogen) atoms. The Morgan fingerprint density at radius 1 is 1.47 bits per heavy atom. The Morgan fingerprint density at radius 2 is 2.07 bits per heavy atom. The molecular weight excluding hydrogens is 258 g/mol. The van der Waals surface area contributed by atoms with E-state index in [1.54, 1.807) is 6.07 Å². The number of anilines is 1. The molecule has 1 aromatic carbocycles. The van der Waals surface area contributed by atoms with E-state index in [0.29, 0.717) is 11.3 Å². The summed E-state index contributed by atoms with van der Waals surface area (Å²) in [4.78, 5) is 11.4. The summed E-state index contributed by atoms with van der Waals surface area (Å²) in [6, 6.07) is 3.60. The molecule has 0 unspecified atom stereocenters. The van der Waals surface area contributed by atoms with Gasteiger partial charge in [0.05, 0.1) is 12.7 Å². The molecule has 82 valence electrons. The predicted molar refractivity (Wildman–Crippen MR) is 64.0 cm³/mol. The third-order valence-corrected chi connectivity index (χ3v) is 2.66. The molecule has 0 atom stereocenters. The van der Waals surface area contributed by atoms with E-state index in [2.05, 4.69) is 20.7 Å².